The number of ether oxygens (including phenoxy) is 1. The second-order valence-corrected chi connectivity index (χ2v) is 8.89. The van der Waals surface area contributed by atoms with Gasteiger partial charge in [0.1, 0.15) is 11.6 Å². The van der Waals surface area contributed by atoms with Gasteiger partial charge < -0.3 is 15.8 Å². The number of allylic oxidation sites excluding steroid dienone is 1. The van der Waals surface area contributed by atoms with Gasteiger partial charge in [0.15, 0.2) is 5.60 Å². The van der Waals surface area contributed by atoms with Crippen LogP contribution in [0.2, 0.25) is 0 Å². The Labute approximate surface area is 201 Å². The standard InChI is InChI=1S/C25H24N6O4/c1-14-5-8-27-12-17(14)19-10-16-11-20(28-13-18(16)22(26)29-19)30-21(32)9-15-3-6-25(7-4-15)23(33)31(2)24(34)35-25/h5,8-13H,3-4,6-7H2,1-2H3,(H2,26,29)(H,28,30,32). The predicted octanol–water partition coefficient (Wildman–Crippen LogP) is 3.37. The van der Waals surface area contributed by atoms with Gasteiger partial charge in [0.25, 0.3) is 5.91 Å². The summed E-state index contributed by atoms with van der Waals surface area (Å²) in [6.07, 6.45) is 7.64. The number of pyridine rings is 3. The van der Waals surface area contributed by atoms with Crippen molar-refractivity contribution in [3.05, 3.63) is 54.0 Å². The summed E-state index contributed by atoms with van der Waals surface area (Å²) in [5.41, 5.74) is 8.54. The van der Waals surface area contributed by atoms with Crippen LogP contribution in [0.1, 0.15) is 31.2 Å². The van der Waals surface area contributed by atoms with Crippen LogP contribution in [0, 0.1) is 6.92 Å². The van der Waals surface area contributed by atoms with Gasteiger partial charge in [-0.15, -0.1) is 0 Å². The van der Waals surface area contributed by atoms with Gasteiger partial charge in [-0.2, -0.15) is 0 Å². The first-order valence-electron chi connectivity index (χ1n) is 11.2. The third-order valence-electron chi connectivity index (χ3n) is 6.60. The lowest BCUT2D eigenvalue weighted by Crippen LogP contribution is -2.41. The highest BCUT2D eigenvalue weighted by molar-refractivity contribution is 6.03. The van der Waals surface area contributed by atoms with E-state index >= 15 is 0 Å². The van der Waals surface area contributed by atoms with E-state index in [0.717, 1.165) is 27.0 Å². The molecule has 2 fully saturated rings. The molecule has 1 saturated heterocycles. The van der Waals surface area contributed by atoms with Gasteiger partial charge in [0, 0.05) is 55.5 Å². The SMILES string of the molecule is Cc1ccncc1-c1cc2cc(NC(=O)C=C3CCC4(CC3)OC(=O)N(C)C4=O)ncc2c(N)n1. The molecule has 0 unspecified atom stereocenters. The van der Waals surface area contributed by atoms with E-state index in [9.17, 15) is 14.4 Å². The van der Waals surface area contributed by atoms with Crippen LogP contribution < -0.4 is 11.1 Å². The molecule has 0 atom stereocenters. The van der Waals surface area contributed by atoms with Gasteiger partial charge >= 0.3 is 6.09 Å². The Balaban J connectivity index is 1.32. The maximum Gasteiger partial charge on any atom is 0.417 e. The number of hydrogen-bond donors (Lipinski definition) is 2. The molecule has 1 aliphatic carbocycles. The molecule has 1 spiro atoms. The number of hydrogen-bond acceptors (Lipinski definition) is 8. The molecular weight excluding hydrogens is 448 g/mol. The van der Waals surface area contributed by atoms with E-state index in [1.807, 2.05) is 19.1 Å². The number of likely N-dealkylation sites (N-methyl/N-ethyl adjacent to an activating group) is 1. The predicted molar refractivity (Wildman–Crippen MR) is 129 cm³/mol. The lowest BCUT2D eigenvalue weighted by Gasteiger charge is -2.30. The summed E-state index contributed by atoms with van der Waals surface area (Å²) >= 11 is 0. The van der Waals surface area contributed by atoms with E-state index in [4.69, 9.17) is 10.5 Å². The normalized spacial score (nSPS) is 19.8. The molecule has 3 amide bonds. The summed E-state index contributed by atoms with van der Waals surface area (Å²) in [4.78, 5) is 50.8. The number of nitrogen functional groups attached to an aromatic ring is 1. The lowest BCUT2D eigenvalue weighted by molar-refractivity contribution is -0.137. The fraction of sp³-hybridized carbons (Fsp3) is 0.280. The molecule has 1 aliphatic heterocycles. The number of aromatic nitrogens is 3. The van der Waals surface area contributed by atoms with Crippen molar-refractivity contribution >= 4 is 40.3 Å². The van der Waals surface area contributed by atoms with E-state index in [2.05, 4.69) is 20.3 Å². The molecular formula is C25H24N6O4. The van der Waals surface area contributed by atoms with Gasteiger partial charge in [-0.1, -0.05) is 5.57 Å². The van der Waals surface area contributed by atoms with Crippen molar-refractivity contribution in [2.75, 3.05) is 18.1 Å². The van der Waals surface area contributed by atoms with Gasteiger partial charge in [-0.3, -0.25) is 14.6 Å². The van der Waals surface area contributed by atoms with Crippen molar-refractivity contribution < 1.29 is 19.1 Å². The molecule has 0 bridgehead atoms. The number of nitrogens with one attached hydrogen (secondary N) is 1. The molecule has 10 heteroatoms. The van der Waals surface area contributed by atoms with Gasteiger partial charge in [0.05, 0.1) is 5.69 Å². The molecule has 0 aromatic carbocycles. The number of rotatable bonds is 3. The van der Waals surface area contributed by atoms with Crippen LogP contribution in [0.4, 0.5) is 16.4 Å². The largest absolute Gasteiger partial charge is 0.432 e. The molecule has 35 heavy (non-hydrogen) atoms. The van der Waals surface area contributed by atoms with Gasteiger partial charge in [0.2, 0.25) is 5.91 Å². The Kier molecular flexibility index (Phi) is 5.43. The first kappa shape index (κ1) is 22.5. The fourth-order valence-corrected chi connectivity index (χ4v) is 4.56. The smallest absolute Gasteiger partial charge is 0.417 e. The number of carbonyl (C=O) groups excluding carboxylic acids is 3. The van der Waals surface area contributed by atoms with Gasteiger partial charge in [-0.05, 0) is 48.9 Å². The number of imide groups is 1. The summed E-state index contributed by atoms with van der Waals surface area (Å²) in [6, 6.07) is 5.55. The Bertz CT molecular complexity index is 1410. The number of amides is 3. The number of nitrogens with zero attached hydrogens (tertiary/aromatic N) is 4. The van der Waals surface area contributed by atoms with Crippen LogP contribution in [0.15, 0.2) is 48.4 Å². The zero-order valence-corrected chi connectivity index (χ0v) is 19.4. The van der Waals surface area contributed by atoms with Crippen molar-refractivity contribution in [3.8, 4) is 11.3 Å². The van der Waals surface area contributed by atoms with Crippen LogP contribution >= 0.6 is 0 Å². The van der Waals surface area contributed by atoms with Gasteiger partial charge in [-0.25, -0.2) is 19.7 Å². The highest BCUT2D eigenvalue weighted by Crippen LogP contribution is 2.39. The van der Waals surface area contributed by atoms with Crippen molar-refractivity contribution in [2.24, 2.45) is 0 Å². The number of anilines is 2. The molecule has 1 saturated carbocycles. The summed E-state index contributed by atoms with van der Waals surface area (Å²) in [6.45, 7) is 1.97. The highest BCUT2D eigenvalue weighted by Gasteiger charge is 2.53. The molecule has 3 aromatic heterocycles. The summed E-state index contributed by atoms with van der Waals surface area (Å²) in [5.74, 6) is 0.0887. The van der Waals surface area contributed by atoms with E-state index in [-0.39, 0.29) is 11.8 Å². The molecule has 2 aliphatic rings. The highest BCUT2D eigenvalue weighted by atomic mass is 16.6. The first-order valence-corrected chi connectivity index (χ1v) is 11.2. The average molecular weight is 473 g/mol. The van der Waals surface area contributed by atoms with Crippen LogP contribution in [0.3, 0.4) is 0 Å². The number of nitrogens with two attached hydrogens (primary N) is 1. The zero-order chi connectivity index (χ0) is 24.7. The minimum Gasteiger partial charge on any atom is -0.432 e. The number of fused-ring (bicyclic) bond motifs is 1. The van der Waals surface area contributed by atoms with Crippen LogP contribution in [0.5, 0.6) is 0 Å². The van der Waals surface area contributed by atoms with Crippen molar-refractivity contribution in [2.45, 2.75) is 38.2 Å². The van der Waals surface area contributed by atoms with Crippen molar-refractivity contribution in [1.29, 1.82) is 0 Å². The van der Waals surface area contributed by atoms with Crippen molar-refractivity contribution in [3.63, 3.8) is 0 Å². The molecule has 0 radical (unpaired) electrons. The van der Waals surface area contributed by atoms with E-state index in [0.29, 0.717) is 48.4 Å². The molecule has 3 aromatic rings. The Morgan fingerprint density at radius 3 is 2.69 bits per heavy atom. The third kappa shape index (κ3) is 4.07. The maximum absolute atomic E-state index is 12.7. The number of carbonyl (C=O) groups is 3. The minimum atomic E-state index is -1.10. The third-order valence-corrected chi connectivity index (χ3v) is 6.60. The monoisotopic (exact) mass is 472 g/mol. The van der Waals surface area contributed by atoms with Crippen LogP contribution in [0.25, 0.3) is 22.0 Å². The quantitative estimate of drug-likeness (QED) is 0.553. The molecule has 178 valence electrons. The van der Waals surface area contributed by atoms with Crippen LogP contribution in [-0.4, -0.2) is 50.4 Å². The van der Waals surface area contributed by atoms with E-state index in [1.54, 1.807) is 24.7 Å². The minimum absolute atomic E-state index is 0.319. The maximum atomic E-state index is 12.7. The van der Waals surface area contributed by atoms with Crippen molar-refractivity contribution in [1.82, 2.24) is 19.9 Å². The second kappa shape index (κ2) is 8.46. The number of aryl methyl sites for hydroxylation is 1. The molecule has 5 rings (SSSR count). The summed E-state index contributed by atoms with van der Waals surface area (Å²) < 4.78 is 5.34. The zero-order valence-electron chi connectivity index (χ0n) is 19.4. The second-order valence-electron chi connectivity index (χ2n) is 8.89. The summed E-state index contributed by atoms with van der Waals surface area (Å²) in [7, 11) is 1.42. The van der Waals surface area contributed by atoms with Crippen LogP contribution in [-0.2, 0) is 14.3 Å². The average Bonchev–Trinajstić information content (AvgIpc) is 3.04. The Morgan fingerprint density at radius 1 is 1.23 bits per heavy atom. The van der Waals surface area contributed by atoms with E-state index in [1.165, 1.54) is 13.1 Å². The topological polar surface area (TPSA) is 140 Å². The van der Waals surface area contributed by atoms with E-state index < -0.39 is 11.7 Å². The first-order chi connectivity index (χ1) is 16.8. The molecule has 4 heterocycles. The summed E-state index contributed by atoms with van der Waals surface area (Å²) in [5, 5.41) is 4.27. The fourth-order valence-electron chi connectivity index (χ4n) is 4.56. The lowest BCUT2D eigenvalue weighted by atomic mass is 9.81. The molecule has 10 nitrogen and oxygen atoms in total. The Hall–Kier alpha value is -4.34. The Morgan fingerprint density at radius 2 is 2.00 bits per heavy atom. The molecule has 3 N–H and O–H groups in total.